The lowest BCUT2D eigenvalue weighted by Gasteiger charge is -2.13. The van der Waals surface area contributed by atoms with E-state index in [2.05, 4.69) is 24.0 Å². The standard InChI is InChI=1S/C22H2F6N6O2/c1-32-14(7-30)16-10-5-12-11(4-9(10)13(6-29)19(16)35-21(23,24)25)17(15(8-31)33-2)20(18(12)34-3)36-22(26,27)28/h4-5H/b16-14+,17-15-. The summed E-state index contributed by atoms with van der Waals surface area (Å²) in [6.45, 7) is 21.6. The first kappa shape index (κ1) is 24.9. The van der Waals surface area contributed by atoms with E-state index in [-0.39, 0.29) is 0 Å². The van der Waals surface area contributed by atoms with Crippen molar-refractivity contribution < 1.29 is 35.8 Å². The zero-order chi connectivity index (χ0) is 27.0. The fourth-order valence-corrected chi connectivity index (χ4v) is 3.55. The van der Waals surface area contributed by atoms with Gasteiger partial charge in [-0.3, -0.25) is 0 Å². The molecule has 8 nitrogen and oxygen atoms in total. The Hall–Kier alpha value is -5.70. The van der Waals surface area contributed by atoms with Crippen LogP contribution < -0.4 is 0 Å². The Balaban J connectivity index is 2.52. The fraction of sp³-hybridized carbons (Fsp3) is 0.0909. The topological polar surface area (TPSA) is 103 Å². The third-order valence-corrected chi connectivity index (χ3v) is 4.69. The Morgan fingerprint density at radius 1 is 0.722 bits per heavy atom. The summed E-state index contributed by atoms with van der Waals surface area (Å²) in [7, 11) is 0. The van der Waals surface area contributed by atoms with Crippen molar-refractivity contribution in [3.63, 3.8) is 0 Å². The lowest BCUT2D eigenvalue weighted by atomic mass is 9.94. The van der Waals surface area contributed by atoms with Crippen LogP contribution in [0.4, 0.5) is 26.3 Å². The molecule has 174 valence electrons. The lowest BCUT2D eigenvalue weighted by molar-refractivity contribution is -0.303. The first-order valence-corrected chi connectivity index (χ1v) is 8.87. The second-order valence-corrected chi connectivity index (χ2v) is 6.54. The number of alkyl halides is 6. The number of nitriles is 3. The Morgan fingerprint density at radius 3 is 1.58 bits per heavy atom. The van der Waals surface area contributed by atoms with E-state index in [0.29, 0.717) is 0 Å². The normalized spacial score (nSPS) is 16.9. The van der Waals surface area contributed by atoms with Crippen molar-refractivity contribution in [1.29, 1.82) is 15.8 Å². The zero-order valence-corrected chi connectivity index (χ0v) is 16.9. The lowest BCUT2D eigenvalue weighted by Crippen LogP contribution is -2.13. The molecule has 0 fully saturated rings. The highest BCUT2D eigenvalue weighted by atomic mass is 19.4. The van der Waals surface area contributed by atoms with E-state index in [1.807, 2.05) is 0 Å². The van der Waals surface area contributed by atoms with E-state index in [4.69, 9.17) is 19.7 Å². The van der Waals surface area contributed by atoms with Crippen molar-refractivity contribution in [2.45, 2.75) is 12.7 Å². The third kappa shape index (κ3) is 4.03. The van der Waals surface area contributed by atoms with Crippen molar-refractivity contribution in [1.82, 2.24) is 0 Å². The SMILES string of the molecule is [C-]#[N+]C1=C(OC(F)(F)F)/C(=C(/C#N)[N+]#[C-])c2cc3c(cc21)/C(=C(/C#N)[N+]#[C-])C(OC(F)(F)F)=C3C#N. The molecule has 0 saturated heterocycles. The summed E-state index contributed by atoms with van der Waals surface area (Å²) < 4.78 is 86.5. The molecular weight excluding hydrogens is 494 g/mol. The van der Waals surface area contributed by atoms with Crippen LogP contribution in [0.2, 0.25) is 0 Å². The molecule has 14 heteroatoms. The van der Waals surface area contributed by atoms with Crippen molar-refractivity contribution >= 4 is 22.4 Å². The molecule has 1 aromatic rings. The molecule has 0 atom stereocenters. The maximum atomic E-state index is 13.1. The number of hydrogen-bond acceptors (Lipinski definition) is 5. The van der Waals surface area contributed by atoms with E-state index in [1.165, 1.54) is 18.2 Å². The Labute approximate surface area is 197 Å². The summed E-state index contributed by atoms with van der Waals surface area (Å²) >= 11 is 0. The van der Waals surface area contributed by atoms with E-state index >= 15 is 0 Å². The Kier molecular flexibility index (Phi) is 5.94. The first-order chi connectivity index (χ1) is 16.8. The van der Waals surface area contributed by atoms with Gasteiger partial charge in [-0.2, -0.15) is 5.26 Å². The molecule has 0 aliphatic heterocycles. The molecule has 2 aliphatic carbocycles. The van der Waals surface area contributed by atoms with Gasteiger partial charge in [0.05, 0.1) is 31.9 Å². The molecule has 0 spiro atoms. The highest BCUT2D eigenvalue weighted by Crippen LogP contribution is 2.52. The molecule has 0 bridgehead atoms. The van der Waals surface area contributed by atoms with Gasteiger partial charge in [0.2, 0.25) is 5.70 Å². The van der Waals surface area contributed by atoms with Crippen LogP contribution in [0.1, 0.15) is 22.3 Å². The third-order valence-electron chi connectivity index (χ3n) is 4.69. The van der Waals surface area contributed by atoms with E-state index in [0.717, 1.165) is 12.1 Å². The fourth-order valence-electron chi connectivity index (χ4n) is 3.55. The smallest absolute Gasteiger partial charge is 0.418 e. The number of allylic oxidation sites excluding steroid dienone is 5. The Bertz CT molecular complexity index is 1460. The van der Waals surface area contributed by atoms with Crippen LogP contribution in [-0.2, 0) is 9.47 Å². The summed E-state index contributed by atoms with van der Waals surface area (Å²) in [5, 5.41) is 28.1. The number of hydrogen-bond donors (Lipinski definition) is 0. The van der Waals surface area contributed by atoms with Crippen LogP contribution in [0, 0.1) is 53.7 Å². The van der Waals surface area contributed by atoms with Crippen LogP contribution in [0.15, 0.2) is 35.0 Å². The molecule has 0 amide bonds. The van der Waals surface area contributed by atoms with Crippen molar-refractivity contribution in [3.05, 3.63) is 91.6 Å². The second kappa shape index (κ2) is 8.58. The maximum Gasteiger partial charge on any atom is 0.573 e. The molecule has 36 heavy (non-hydrogen) atoms. The molecule has 0 saturated carbocycles. The van der Waals surface area contributed by atoms with Gasteiger partial charge in [-0.1, -0.05) is 6.07 Å². The van der Waals surface area contributed by atoms with Crippen molar-refractivity contribution in [2.75, 3.05) is 0 Å². The first-order valence-electron chi connectivity index (χ1n) is 8.87. The minimum atomic E-state index is -5.37. The summed E-state index contributed by atoms with van der Waals surface area (Å²) in [6.07, 6.45) is -10.7. The number of halogens is 6. The van der Waals surface area contributed by atoms with Gasteiger partial charge in [-0.25, -0.2) is 25.1 Å². The zero-order valence-electron chi connectivity index (χ0n) is 16.9. The molecule has 0 unspecified atom stereocenters. The Morgan fingerprint density at radius 2 is 1.17 bits per heavy atom. The molecular formula is C22H2F6N6O2. The number of fused-ring (bicyclic) bond motifs is 2. The second-order valence-electron chi connectivity index (χ2n) is 6.54. The molecule has 0 radical (unpaired) electrons. The van der Waals surface area contributed by atoms with Crippen LogP contribution in [0.3, 0.4) is 0 Å². The molecule has 0 heterocycles. The monoisotopic (exact) mass is 496 g/mol. The van der Waals surface area contributed by atoms with Gasteiger partial charge < -0.3 is 9.47 Å². The molecule has 0 aromatic heterocycles. The van der Waals surface area contributed by atoms with E-state index in [9.17, 15) is 42.1 Å². The predicted octanol–water partition coefficient (Wildman–Crippen LogP) is 5.92. The van der Waals surface area contributed by atoms with Crippen LogP contribution in [0.25, 0.3) is 37.0 Å². The summed E-state index contributed by atoms with van der Waals surface area (Å²) in [5.74, 6) is -2.40. The van der Waals surface area contributed by atoms with Crippen LogP contribution >= 0.6 is 0 Å². The van der Waals surface area contributed by atoms with Gasteiger partial charge in [0, 0.05) is 16.7 Å². The van der Waals surface area contributed by atoms with Gasteiger partial charge in [-0.15, -0.1) is 26.3 Å². The van der Waals surface area contributed by atoms with Crippen molar-refractivity contribution in [2.24, 2.45) is 0 Å². The van der Waals surface area contributed by atoms with Crippen molar-refractivity contribution in [3.8, 4) is 18.2 Å². The number of benzene rings is 1. The van der Waals surface area contributed by atoms with Gasteiger partial charge in [-0.05, 0) is 22.8 Å². The molecule has 0 N–H and O–H groups in total. The van der Waals surface area contributed by atoms with Gasteiger partial charge in [0.1, 0.15) is 23.2 Å². The van der Waals surface area contributed by atoms with E-state index in [1.54, 1.807) is 0 Å². The van der Waals surface area contributed by atoms with Crippen LogP contribution in [0.5, 0.6) is 0 Å². The largest absolute Gasteiger partial charge is 0.573 e. The quantitative estimate of drug-likeness (QED) is 0.288. The van der Waals surface area contributed by atoms with Gasteiger partial charge >= 0.3 is 12.7 Å². The highest BCUT2D eigenvalue weighted by molar-refractivity contribution is 6.09. The molecule has 2 aliphatic rings. The number of ether oxygens (including phenoxy) is 2. The summed E-state index contributed by atoms with van der Waals surface area (Å²) in [6, 6.07) is 5.92. The maximum absolute atomic E-state index is 13.1. The number of nitrogens with zero attached hydrogens (tertiary/aromatic N) is 6. The molecule has 1 aromatic carbocycles. The number of rotatable bonds is 2. The molecule has 3 rings (SSSR count). The predicted molar refractivity (Wildman–Crippen MR) is 105 cm³/mol. The summed E-state index contributed by atoms with van der Waals surface area (Å²) in [5.41, 5.74) is -6.69. The average Bonchev–Trinajstić information content (AvgIpc) is 3.23. The minimum absolute atomic E-state index is 0.395. The average molecular weight is 496 g/mol. The minimum Gasteiger partial charge on any atom is -0.418 e. The van der Waals surface area contributed by atoms with Crippen LogP contribution in [-0.4, -0.2) is 12.7 Å². The highest BCUT2D eigenvalue weighted by Gasteiger charge is 2.44. The summed E-state index contributed by atoms with van der Waals surface area (Å²) in [4.78, 5) is 8.66. The van der Waals surface area contributed by atoms with E-state index < -0.39 is 80.3 Å². The van der Waals surface area contributed by atoms with Gasteiger partial charge in [0.25, 0.3) is 11.4 Å². The van der Waals surface area contributed by atoms with Gasteiger partial charge in [0.15, 0.2) is 0 Å².